The van der Waals surface area contributed by atoms with Crippen molar-refractivity contribution < 1.29 is 9.53 Å². The lowest BCUT2D eigenvalue weighted by Gasteiger charge is -2.16. The number of hydrogen-bond acceptors (Lipinski definition) is 2. The van der Waals surface area contributed by atoms with Gasteiger partial charge in [-0.2, -0.15) is 0 Å². The van der Waals surface area contributed by atoms with Gasteiger partial charge in [0.25, 0.3) is 0 Å². The lowest BCUT2D eigenvalue weighted by molar-refractivity contribution is -0.119. The summed E-state index contributed by atoms with van der Waals surface area (Å²) < 4.78 is 5.63. The summed E-state index contributed by atoms with van der Waals surface area (Å²) >= 11 is 5.48. The summed E-state index contributed by atoms with van der Waals surface area (Å²) in [4.78, 5) is 11.2. The summed E-state index contributed by atoms with van der Waals surface area (Å²) in [5, 5.41) is 2.96. The van der Waals surface area contributed by atoms with Crippen molar-refractivity contribution in [2.24, 2.45) is 0 Å². The maximum absolute atomic E-state index is 11.2. The monoisotopic (exact) mass is 267 g/mol. The van der Waals surface area contributed by atoms with Gasteiger partial charge in [-0.3, -0.25) is 4.79 Å². The molecule has 0 saturated heterocycles. The smallest absolute Gasteiger partial charge is 0.235 e. The van der Waals surface area contributed by atoms with Crippen molar-refractivity contribution in [3.63, 3.8) is 0 Å². The molecule has 0 heterocycles. The summed E-state index contributed by atoms with van der Waals surface area (Å²) in [6.45, 7) is 1.29. The quantitative estimate of drug-likeness (QED) is 0.609. The molecule has 1 aliphatic rings. The third kappa shape index (κ3) is 4.00. The molecule has 1 fully saturated rings. The first-order chi connectivity index (χ1) is 8.74. The largest absolute Gasteiger partial charge is 0.377 e. The zero-order valence-electron chi connectivity index (χ0n) is 10.3. The Bertz CT molecular complexity index is 390. The Labute approximate surface area is 112 Å². The second-order valence-corrected chi connectivity index (χ2v) is 5.02. The average molecular weight is 268 g/mol. The number of benzene rings is 1. The molecule has 1 amide bonds. The minimum Gasteiger partial charge on any atom is -0.377 e. The van der Waals surface area contributed by atoms with Crippen LogP contribution in [0.1, 0.15) is 24.8 Å². The minimum absolute atomic E-state index is 0.0343. The lowest BCUT2D eigenvalue weighted by atomic mass is 10.2. The molecule has 0 spiro atoms. The molecule has 1 aromatic rings. The number of halogens is 1. The van der Waals surface area contributed by atoms with Crippen molar-refractivity contribution in [3.05, 3.63) is 35.9 Å². The van der Waals surface area contributed by atoms with Crippen LogP contribution in [0.25, 0.3) is 0 Å². The molecule has 0 radical (unpaired) electrons. The van der Waals surface area contributed by atoms with Crippen molar-refractivity contribution in [3.8, 4) is 0 Å². The summed E-state index contributed by atoms with van der Waals surface area (Å²) in [6.07, 6.45) is 2.93. The molecule has 1 saturated carbocycles. The average Bonchev–Trinajstić information content (AvgIpc) is 3.16. The molecular formula is C14H18ClNO2. The van der Waals surface area contributed by atoms with Crippen LogP contribution in [0.15, 0.2) is 30.3 Å². The van der Waals surface area contributed by atoms with Gasteiger partial charge in [0, 0.05) is 12.1 Å². The highest BCUT2D eigenvalue weighted by molar-refractivity contribution is 6.27. The Kier molecular flexibility index (Phi) is 4.61. The highest BCUT2D eigenvalue weighted by atomic mass is 35.5. The molecule has 3 nitrogen and oxygen atoms in total. The number of ether oxygens (including phenoxy) is 1. The van der Waals surface area contributed by atoms with Gasteiger partial charge in [0.2, 0.25) is 5.91 Å². The van der Waals surface area contributed by atoms with E-state index in [-0.39, 0.29) is 17.3 Å². The second kappa shape index (κ2) is 6.21. The molecule has 2 rings (SSSR count). The van der Waals surface area contributed by atoms with Crippen molar-refractivity contribution >= 4 is 17.5 Å². The SMILES string of the molecule is O=C(CCl)NC1(CCOCc2ccccc2)CC1. The third-order valence-corrected chi connectivity index (χ3v) is 3.46. The minimum atomic E-state index is -0.0859. The fraction of sp³-hybridized carbons (Fsp3) is 0.500. The molecular weight excluding hydrogens is 250 g/mol. The van der Waals surface area contributed by atoms with Gasteiger partial charge in [-0.25, -0.2) is 0 Å². The van der Waals surface area contributed by atoms with Gasteiger partial charge in [0.15, 0.2) is 0 Å². The van der Waals surface area contributed by atoms with Crippen LogP contribution in [0.2, 0.25) is 0 Å². The van der Waals surface area contributed by atoms with Gasteiger partial charge in [-0.1, -0.05) is 30.3 Å². The Balaban J connectivity index is 1.65. The van der Waals surface area contributed by atoms with Gasteiger partial charge < -0.3 is 10.1 Å². The first-order valence-corrected chi connectivity index (χ1v) is 6.76. The fourth-order valence-electron chi connectivity index (χ4n) is 1.95. The highest BCUT2D eigenvalue weighted by Gasteiger charge is 2.43. The lowest BCUT2D eigenvalue weighted by Crippen LogP contribution is -2.38. The van der Waals surface area contributed by atoms with Crippen LogP contribution < -0.4 is 5.32 Å². The van der Waals surface area contributed by atoms with E-state index in [9.17, 15) is 4.79 Å². The zero-order valence-corrected chi connectivity index (χ0v) is 11.1. The number of carbonyl (C=O) groups is 1. The van der Waals surface area contributed by atoms with E-state index in [0.717, 1.165) is 19.3 Å². The topological polar surface area (TPSA) is 38.3 Å². The summed E-state index contributed by atoms with van der Waals surface area (Å²) in [6, 6.07) is 10.1. The highest BCUT2D eigenvalue weighted by Crippen LogP contribution is 2.38. The predicted molar refractivity (Wildman–Crippen MR) is 71.5 cm³/mol. The molecule has 1 aliphatic carbocycles. The zero-order chi connectivity index (χ0) is 12.8. The van der Waals surface area contributed by atoms with Gasteiger partial charge in [0.1, 0.15) is 5.88 Å². The first kappa shape index (κ1) is 13.4. The standard InChI is InChI=1S/C14H18ClNO2/c15-10-13(17)16-14(6-7-14)8-9-18-11-12-4-2-1-3-5-12/h1-5H,6-11H2,(H,16,17). The number of hydrogen-bond donors (Lipinski definition) is 1. The van der Waals surface area contributed by atoms with E-state index in [4.69, 9.17) is 16.3 Å². The summed E-state index contributed by atoms with van der Waals surface area (Å²) in [5.41, 5.74) is 1.13. The summed E-state index contributed by atoms with van der Waals surface area (Å²) in [7, 11) is 0. The van der Waals surface area contributed by atoms with E-state index in [1.165, 1.54) is 5.56 Å². The molecule has 0 atom stereocenters. The molecule has 0 bridgehead atoms. The molecule has 0 aromatic heterocycles. The van der Waals surface area contributed by atoms with Crippen LogP contribution in [-0.2, 0) is 16.1 Å². The van der Waals surface area contributed by atoms with Gasteiger partial charge in [0.05, 0.1) is 6.61 Å². The fourth-order valence-corrected chi connectivity index (χ4v) is 2.02. The number of nitrogens with one attached hydrogen (secondary N) is 1. The van der Waals surface area contributed by atoms with Gasteiger partial charge in [-0.05, 0) is 24.8 Å². The van der Waals surface area contributed by atoms with Crippen LogP contribution in [0.3, 0.4) is 0 Å². The molecule has 18 heavy (non-hydrogen) atoms. The van der Waals surface area contributed by atoms with E-state index in [1.54, 1.807) is 0 Å². The normalized spacial score (nSPS) is 16.3. The maximum atomic E-state index is 11.2. The Morgan fingerprint density at radius 2 is 2.06 bits per heavy atom. The Morgan fingerprint density at radius 3 is 2.67 bits per heavy atom. The predicted octanol–water partition coefficient (Wildman–Crippen LogP) is 2.48. The van der Waals surface area contributed by atoms with Gasteiger partial charge in [-0.15, -0.1) is 11.6 Å². The van der Waals surface area contributed by atoms with Crippen molar-refractivity contribution in [2.75, 3.05) is 12.5 Å². The van der Waals surface area contributed by atoms with Crippen LogP contribution in [-0.4, -0.2) is 23.9 Å². The van der Waals surface area contributed by atoms with Crippen LogP contribution >= 0.6 is 11.6 Å². The molecule has 4 heteroatoms. The first-order valence-electron chi connectivity index (χ1n) is 6.23. The third-order valence-electron chi connectivity index (χ3n) is 3.22. The van der Waals surface area contributed by atoms with Crippen LogP contribution in [0.5, 0.6) is 0 Å². The summed E-state index contributed by atoms with van der Waals surface area (Å²) in [5.74, 6) is -0.0516. The molecule has 0 unspecified atom stereocenters. The van der Waals surface area contributed by atoms with E-state index in [1.807, 2.05) is 30.3 Å². The van der Waals surface area contributed by atoms with E-state index in [2.05, 4.69) is 5.32 Å². The molecule has 98 valence electrons. The number of amides is 1. The van der Waals surface area contributed by atoms with Crippen molar-refractivity contribution in [1.29, 1.82) is 0 Å². The Morgan fingerprint density at radius 1 is 1.33 bits per heavy atom. The molecule has 0 aliphatic heterocycles. The van der Waals surface area contributed by atoms with Gasteiger partial charge >= 0.3 is 0 Å². The number of carbonyl (C=O) groups excluding carboxylic acids is 1. The van der Waals surface area contributed by atoms with Crippen molar-refractivity contribution in [2.45, 2.75) is 31.4 Å². The van der Waals surface area contributed by atoms with E-state index < -0.39 is 0 Å². The van der Waals surface area contributed by atoms with E-state index in [0.29, 0.717) is 13.2 Å². The van der Waals surface area contributed by atoms with Crippen molar-refractivity contribution in [1.82, 2.24) is 5.32 Å². The van der Waals surface area contributed by atoms with Crippen LogP contribution in [0, 0.1) is 0 Å². The maximum Gasteiger partial charge on any atom is 0.235 e. The molecule has 1 aromatic carbocycles. The van der Waals surface area contributed by atoms with E-state index >= 15 is 0 Å². The number of rotatable bonds is 7. The second-order valence-electron chi connectivity index (χ2n) is 4.75. The number of alkyl halides is 1. The Hall–Kier alpha value is -1.06. The molecule has 1 N–H and O–H groups in total. The van der Waals surface area contributed by atoms with Crippen LogP contribution in [0.4, 0.5) is 0 Å².